The second kappa shape index (κ2) is 8.97. The Morgan fingerprint density at radius 3 is 2.41 bits per heavy atom. The fraction of sp³-hybridized carbons (Fsp3) is 0.538. The van der Waals surface area contributed by atoms with E-state index in [0.29, 0.717) is 0 Å². The molecule has 2 aromatic rings. The fourth-order valence-corrected chi connectivity index (χ4v) is 5.53. The van der Waals surface area contributed by atoms with Crippen LogP contribution < -0.4 is 0 Å². The molecule has 0 N–H and O–H groups in total. The van der Waals surface area contributed by atoms with E-state index in [2.05, 4.69) is 48.2 Å². The molecule has 1 heterocycles. The summed E-state index contributed by atoms with van der Waals surface area (Å²) in [6.07, 6.45) is 8.22. The predicted molar refractivity (Wildman–Crippen MR) is 118 cm³/mol. The first-order valence-electron chi connectivity index (χ1n) is 11.3. The number of likely N-dealkylation sites (tertiary alicyclic amines) is 1. The van der Waals surface area contributed by atoms with Crippen molar-refractivity contribution in [3.05, 3.63) is 71.0 Å². The first kappa shape index (κ1) is 20.6. The third-order valence-electron chi connectivity index (χ3n) is 7.31. The summed E-state index contributed by atoms with van der Waals surface area (Å²) in [5.74, 6) is 0.746. The Morgan fingerprint density at radius 2 is 1.69 bits per heavy atom. The predicted octanol–water partition coefficient (Wildman–Crippen LogP) is 5.61. The average molecular weight is 395 g/mol. The van der Waals surface area contributed by atoms with Gasteiger partial charge in [-0.2, -0.15) is 0 Å². The first-order chi connectivity index (χ1) is 14.1. The van der Waals surface area contributed by atoms with Crippen molar-refractivity contribution in [1.82, 2.24) is 9.80 Å². The van der Waals surface area contributed by atoms with E-state index in [0.717, 1.165) is 30.9 Å². The third-order valence-corrected chi connectivity index (χ3v) is 7.31. The van der Waals surface area contributed by atoms with E-state index in [4.69, 9.17) is 0 Å². The number of nitrogens with zero attached hydrogens (tertiary/aromatic N) is 2. The van der Waals surface area contributed by atoms with Crippen molar-refractivity contribution in [3.8, 4) is 0 Å². The Labute approximate surface area is 175 Å². The topological polar surface area (TPSA) is 6.48 Å². The molecule has 1 saturated heterocycles. The minimum absolute atomic E-state index is 0.0581. The molecule has 3 heteroatoms. The van der Waals surface area contributed by atoms with Gasteiger partial charge in [0.1, 0.15) is 5.82 Å². The Kier molecular flexibility index (Phi) is 6.36. The lowest BCUT2D eigenvalue weighted by molar-refractivity contribution is 0.110. The van der Waals surface area contributed by atoms with Crippen LogP contribution in [0.1, 0.15) is 55.2 Å². The summed E-state index contributed by atoms with van der Waals surface area (Å²) in [5.41, 5.74) is 3.51. The molecule has 2 fully saturated rings. The molecule has 29 heavy (non-hydrogen) atoms. The molecule has 1 aliphatic carbocycles. The van der Waals surface area contributed by atoms with Gasteiger partial charge >= 0.3 is 0 Å². The number of rotatable bonds is 6. The Bertz CT molecular complexity index is 804. The van der Waals surface area contributed by atoms with Crippen LogP contribution in [0.2, 0.25) is 0 Å². The summed E-state index contributed by atoms with van der Waals surface area (Å²) in [4.78, 5) is 4.85. The van der Waals surface area contributed by atoms with Crippen molar-refractivity contribution in [3.63, 3.8) is 0 Å². The molecule has 156 valence electrons. The molecule has 0 radical (unpaired) electrons. The lowest BCUT2D eigenvalue weighted by Crippen LogP contribution is -2.41. The largest absolute Gasteiger partial charge is 0.306 e. The van der Waals surface area contributed by atoms with E-state index in [1.165, 1.54) is 56.3 Å². The van der Waals surface area contributed by atoms with Crippen molar-refractivity contribution in [2.75, 3.05) is 27.2 Å². The van der Waals surface area contributed by atoms with Crippen LogP contribution in [0.3, 0.4) is 0 Å². The summed E-state index contributed by atoms with van der Waals surface area (Å²) < 4.78 is 14.7. The van der Waals surface area contributed by atoms with Gasteiger partial charge in [0.2, 0.25) is 0 Å². The van der Waals surface area contributed by atoms with E-state index in [1.807, 2.05) is 12.1 Å². The standard InChI is InChI=1S/C26H35FN2/c1-28-16-12-21(13-17-28)18-22-8-7-9-23(19-22)20-29(2)26(14-5-6-15-26)24-10-3-4-11-25(24)27/h3-4,7-11,19,21H,5-6,12-18,20H2,1-2H3. The van der Waals surface area contributed by atoms with Crippen LogP contribution >= 0.6 is 0 Å². The molecule has 1 aliphatic heterocycles. The smallest absolute Gasteiger partial charge is 0.128 e. The molecule has 2 aliphatic rings. The van der Waals surface area contributed by atoms with Gasteiger partial charge in [-0.1, -0.05) is 55.3 Å². The van der Waals surface area contributed by atoms with Gasteiger partial charge in [-0.15, -0.1) is 0 Å². The molecule has 0 amide bonds. The lowest BCUT2D eigenvalue weighted by atomic mass is 9.85. The maximum absolute atomic E-state index is 14.7. The minimum atomic E-state index is -0.171. The summed E-state index contributed by atoms with van der Waals surface area (Å²) in [6, 6.07) is 16.5. The summed E-state index contributed by atoms with van der Waals surface area (Å²) in [5, 5.41) is 0. The van der Waals surface area contributed by atoms with Crippen LogP contribution in [0, 0.1) is 11.7 Å². The lowest BCUT2D eigenvalue weighted by Gasteiger charge is -2.40. The van der Waals surface area contributed by atoms with Crippen LogP contribution in [-0.2, 0) is 18.5 Å². The van der Waals surface area contributed by atoms with E-state index >= 15 is 0 Å². The zero-order valence-corrected chi connectivity index (χ0v) is 18.0. The highest BCUT2D eigenvalue weighted by Crippen LogP contribution is 2.44. The third kappa shape index (κ3) is 4.57. The summed E-state index contributed by atoms with van der Waals surface area (Å²) in [7, 11) is 4.41. The molecule has 0 bridgehead atoms. The van der Waals surface area contributed by atoms with Crippen LogP contribution in [-0.4, -0.2) is 37.0 Å². The highest BCUT2D eigenvalue weighted by atomic mass is 19.1. The SMILES string of the molecule is CN1CCC(Cc2cccc(CN(C)C3(c4ccccc4F)CCCC3)c2)CC1. The molecule has 2 aromatic carbocycles. The Balaban J connectivity index is 1.49. The average Bonchev–Trinajstić information content (AvgIpc) is 3.21. The maximum atomic E-state index is 14.7. The van der Waals surface area contributed by atoms with Gasteiger partial charge in [-0.25, -0.2) is 4.39 Å². The number of piperidine rings is 1. The molecule has 0 spiro atoms. The highest BCUT2D eigenvalue weighted by molar-refractivity contribution is 5.29. The van der Waals surface area contributed by atoms with Crippen molar-refractivity contribution < 1.29 is 4.39 Å². The summed E-state index contributed by atoms with van der Waals surface area (Å²) >= 11 is 0. The van der Waals surface area contributed by atoms with Gasteiger partial charge in [0.25, 0.3) is 0 Å². The fourth-order valence-electron chi connectivity index (χ4n) is 5.53. The zero-order valence-electron chi connectivity index (χ0n) is 18.0. The second-order valence-corrected chi connectivity index (χ2v) is 9.35. The van der Waals surface area contributed by atoms with E-state index < -0.39 is 0 Å². The highest BCUT2D eigenvalue weighted by Gasteiger charge is 2.41. The van der Waals surface area contributed by atoms with Crippen molar-refractivity contribution in [2.45, 2.75) is 57.0 Å². The van der Waals surface area contributed by atoms with Gasteiger partial charge in [-0.05, 0) is 82.4 Å². The number of halogens is 1. The Hall–Kier alpha value is -1.71. The van der Waals surface area contributed by atoms with Crippen LogP contribution in [0.4, 0.5) is 4.39 Å². The maximum Gasteiger partial charge on any atom is 0.128 e. The monoisotopic (exact) mass is 394 g/mol. The molecule has 1 saturated carbocycles. The zero-order chi connectivity index (χ0) is 20.3. The van der Waals surface area contributed by atoms with Crippen molar-refractivity contribution >= 4 is 0 Å². The normalized spacial score (nSPS) is 20.4. The van der Waals surface area contributed by atoms with E-state index in [9.17, 15) is 4.39 Å². The van der Waals surface area contributed by atoms with E-state index in [-0.39, 0.29) is 11.4 Å². The van der Waals surface area contributed by atoms with Gasteiger partial charge in [0, 0.05) is 17.6 Å². The minimum Gasteiger partial charge on any atom is -0.306 e. The number of hydrogen-bond donors (Lipinski definition) is 0. The summed E-state index contributed by atoms with van der Waals surface area (Å²) in [6.45, 7) is 3.31. The van der Waals surface area contributed by atoms with Gasteiger partial charge in [-0.3, -0.25) is 4.90 Å². The molecule has 0 aromatic heterocycles. The molecular weight excluding hydrogens is 359 g/mol. The van der Waals surface area contributed by atoms with Gasteiger partial charge < -0.3 is 4.90 Å². The van der Waals surface area contributed by atoms with E-state index in [1.54, 1.807) is 12.1 Å². The van der Waals surface area contributed by atoms with Crippen LogP contribution in [0.25, 0.3) is 0 Å². The first-order valence-corrected chi connectivity index (χ1v) is 11.3. The van der Waals surface area contributed by atoms with Crippen molar-refractivity contribution in [2.24, 2.45) is 5.92 Å². The van der Waals surface area contributed by atoms with Gasteiger partial charge in [0.15, 0.2) is 0 Å². The molecule has 2 nitrogen and oxygen atoms in total. The number of benzene rings is 2. The quantitative estimate of drug-likeness (QED) is 0.628. The molecule has 0 unspecified atom stereocenters. The van der Waals surface area contributed by atoms with Gasteiger partial charge in [0.05, 0.1) is 0 Å². The molecular formula is C26H35FN2. The molecule has 4 rings (SSSR count). The Morgan fingerprint density at radius 1 is 1.00 bits per heavy atom. The molecule has 0 atom stereocenters. The second-order valence-electron chi connectivity index (χ2n) is 9.35. The number of hydrogen-bond acceptors (Lipinski definition) is 2. The van der Waals surface area contributed by atoms with Crippen LogP contribution in [0.5, 0.6) is 0 Å². The van der Waals surface area contributed by atoms with Crippen LogP contribution in [0.15, 0.2) is 48.5 Å². The van der Waals surface area contributed by atoms with Crippen molar-refractivity contribution in [1.29, 1.82) is 0 Å².